The Balaban J connectivity index is -0.0000000159. The fourth-order valence-corrected chi connectivity index (χ4v) is 0. The van der Waals surface area contributed by atoms with Crippen LogP contribution in [0.4, 0.5) is 4.79 Å². The summed E-state index contributed by atoms with van der Waals surface area (Å²) in [5.74, 6) is -0.833. The first kappa shape index (κ1) is 43.5. The summed E-state index contributed by atoms with van der Waals surface area (Å²) >= 11 is 0. The average molecular weight is 410 g/mol. The van der Waals surface area contributed by atoms with Crippen molar-refractivity contribution in [3.63, 3.8) is 0 Å². The second-order valence-electron chi connectivity index (χ2n) is 1.18. The van der Waals surface area contributed by atoms with E-state index >= 15 is 0 Å². The van der Waals surface area contributed by atoms with Crippen molar-refractivity contribution in [2.45, 2.75) is 6.92 Å². The SMILES string of the molecule is CC(=O)O.O.O=C([O-])[O-].O=S(=O)([O-])[O-].[Ni+2].[Ni+2].[Ni]. The van der Waals surface area contributed by atoms with Gasteiger partial charge in [0.05, 0.1) is 0 Å². The summed E-state index contributed by atoms with van der Waals surface area (Å²) in [7, 11) is -5.17. The van der Waals surface area contributed by atoms with Crippen molar-refractivity contribution >= 4 is 22.5 Å². The minimum absolute atomic E-state index is 0. The molecule has 0 fully saturated rings. The van der Waals surface area contributed by atoms with Crippen LogP contribution in [0.5, 0.6) is 0 Å². The summed E-state index contributed by atoms with van der Waals surface area (Å²) in [6.07, 6.45) is -2.33. The number of carbonyl (C=O) groups is 2. The molecule has 0 aromatic heterocycles. The Kier molecular flexibility index (Phi) is 64.0. The van der Waals surface area contributed by atoms with Crippen molar-refractivity contribution in [2.75, 3.05) is 0 Å². The van der Waals surface area contributed by atoms with Gasteiger partial charge in [0.15, 0.2) is 0 Å². The Bertz CT molecular complexity index is 222. The molecule has 0 bridgehead atoms. The fraction of sp³-hybridized carbons (Fsp3) is 0.333. The van der Waals surface area contributed by atoms with E-state index in [1.807, 2.05) is 0 Å². The number of carbonyl (C=O) groups excluding carboxylic acids is 1. The third kappa shape index (κ3) is 1240000. The Labute approximate surface area is 126 Å². The van der Waals surface area contributed by atoms with Gasteiger partial charge in [-0.25, -0.2) is 0 Å². The molecular formula is C3H6Ni3O10S. The summed E-state index contributed by atoms with van der Waals surface area (Å²) in [6.45, 7) is 1.08. The molecule has 0 amide bonds. The van der Waals surface area contributed by atoms with Gasteiger partial charge in [-0.3, -0.25) is 13.2 Å². The first-order valence-electron chi connectivity index (χ1n) is 2.21. The monoisotopic (exact) mass is 408 g/mol. The van der Waals surface area contributed by atoms with E-state index in [4.69, 9.17) is 42.4 Å². The number of hydrogen-bond donors (Lipinski definition) is 1. The van der Waals surface area contributed by atoms with Crippen LogP contribution in [-0.4, -0.2) is 40.2 Å². The first-order chi connectivity index (χ1) is 5.46. The van der Waals surface area contributed by atoms with E-state index in [0.717, 1.165) is 6.92 Å². The van der Waals surface area contributed by atoms with Gasteiger partial charge < -0.3 is 34.7 Å². The molecule has 10 nitrogen and oxygen atoms in total. The zero-order valence-corrected chi connectivity index (χ0v) is 11.3. The number of hydrogen-bond acceptors (Lipinski definition) is 8. The average Bonchev–Trinajstić information content (AvgIpc) is 1.50. The third-order valence-electron chi connectivity index (χ3n) is 0. The largest absolute Gasteiger partial charge is 2.00 e. The number of carboxylic acids is 1. The first-order valence-corrected chi connectivity index (χ1v) is 3.54. The molecule has 14 heteroatoms. The van der Waals surface area contributed by atoms with Crippen LogP contribution >= 0.6 is 0 Å². The van der Waals surface area contributed by atoms with E-state index in [-0.39, 0.29) is 55.0 Å². The molecule has 0 aliphatic carbocycles. The van der Waals surface area contributed by atoms with Gasteiger partial charge in [0.25, 0.3) is 5.97 Å². The minimum Gasteiger partial charge on any atom is -0.759 e. The van der Waals surface area contributed by atoms with Crippen molar-refractivity contribution in [3.8, 4) is 0 Å². The quantitative estimate of drug-likeness (QED) is 0.231. The summed E-state index contributed by atoms with van der Waals surface area (Å²) in [5.41, 5.74) is 0. The van der Waals surface area contributed by atoms with Crippen LogP contribution in [0.2, 0.25) is 0 Å². The van der Waals surface area contributed by atoms with Crippen molar-refractivity contribution in [1.82, 2.24) is 0 Å². The zero-order valence-electron chi connectivity index (χ0n) is 7.57. The molecule has 0 spiro atoms. The normalized spacial score (nSPS) is 6.29. The molecule has 3 N–H and O–H groups in total. The van der Waals surface area contributed by atoms with E-state index in [1.165, 1.54) is 0 Å². The van der Waals surface area contributed by atoms with Crippen LogP contribution < -0.4 is 10.2 Å². The van der Waals surface area contributed by atoms with Gasteiger partial charge in [-0.15, -0.1) is 0 Å². The maximum atomic E-state index is 9.00. The van der Waals surface area contributed by atoms with Crippen LogP contribution in [0.15, 0.2) is 0 Å². The molecule has 0 aromatic rings. The smallest absolute Gasteiger partial charge is 0.759 e. The number of aliphatic carboxylic acids is 1. The van der Waals surface area contributed by atoms with Crippen LogP contribution in [0.3, 0.4) is 0 Å². The third-order valence-corrected chi connectivity index (χ3v) is 0. The summed E-state index contributed by atoms with van der Waals surface area (Å²) in [4.78, 5) is 17.3. The Morgan fingerprint density at radius 1 is 1.06 bits per heavy atom. The zero-order chi connectivity index (χ0) is 11.7. The van der Waals surface area contributed by atoms with Crippen LogP contribution in [0.25, 0.3) is 0 Å². The van der Waals surface area contributed by atoms with Crippen molar-refractivity contribution in [3.05, 3.63) is 0 Å². The molecule has 0 saturated carbocycles. The van der Waals surface area contributed by atoms with Gasteiger partial charge in [0.1, 0.15) is 0 Å². The van der Waals surface area contributed by atoms with Crippen LogP contribution in [0.1, 0.15) is 6.92 Å². The van der Waals surface area contributed by atoms with Gasteiger partial charge in [-0.1, -0.05) is 0 Å². The molecule has 0 radical (unpaired) electrons. The number of carboxylic acid groups (broad SMARTS) is 3. The number of rotatable bonds is 0. The van der Waals surface area contributed by atoms with Gasteiger partial charge in [0, 0.05) is 33.8 Å². The molecule has 0 saturated heterocycles. The van der Waals surface area contributed by atoms with Crippen molar-refractivity contribution in [2.24, 2.45) is 0 Å². The van der Waals surface area contributed by atoms with E-state index in [1.54, 1.807) is 0 Å². The van der Waals surface area contributed by atoms with E-state index in [9.17, 15) is 0 Å². The molecule has 0 unspecified atom stereocenters. The topological polar surface area (TPSA) is 212 Å². The van der Waals surface area contributed by atoms with Crippen LogP contribution in [0, 0.1) is 0 Å². The van der Waals surface area contributed by atoms with E-state index < -0.39 is 22.5 Å². The Hall–Kier alpha value is 0.0505. The van der Waals surface area contributed by atoms with Gasteiger partial charge in [-0.05, 0) is 6.16 Å². The Morgan fingerprint density at radius 2 is 1.06 bits per heavy atom. The summed E-state index contributed by atoms with van der Waals surface area (Å²) in [5, 5.41) is 24.1. The maximum absolute atomic E-state index is 9.00. The molecule has 17 heavy (non-hydrogen) atoms. The molecule has 0 atom stereocenters. The van der Waals surface area contributed by atoms with Gasteiger partial charge >= 0.3 is 33.0 Å². The van der Waals surface area contributed by atoms with E-state index in [2.05, 4.69) is 0 Å². The second kappa shape index (κ2) is 25.0. The Morgan fingerprint density at radius 3 is 1.06 bits per heavy atom. The summed E-state index contributed by atoms with van der Waals surface area (Å²) < 4.78 is 34.1. The predicted molar refractivity (Wildman–Crippen MR) is 32.8 cm³/mol. The molecule has 0 heterocycles. The van der Waals surface area contributed by atoms with Gasteiger partial charge in [0.2, 0.25) is 0 Å². The van der Waals surface area contributed by atoms with E-state index in [0.29, 0.717) is 0 Å². The molecular weight excluding hydrogens is 404 g/mol. The molecule has 0 aliphatic rings. The van der Waals surface area contributed by atoms with Crippen molar-refractivity contribution < 1.29 is 97.4 Å². The van der Waals surface area contributed by atoms with Gasteiger partial charge in [-0.2, -0.15) is 0 Å². The predicted octanol–water partition coefficient (Wildman–Crippen LogP) is -4.53. The minimum atomic E-state index is -5.17. The van der Waals surface area contributed by atoms with Crippen LogP contribution in [-0.2, 0) is 64.7 Å². The molecule has 0 aromatic carbocycles. The second-order valence-corrected chi connectivity index (χ2v) is 1.99. The maximum Gasteiger partial charge on any atom is 2.00 e. The molecule has 0 rings (SSSR count). The molecule has 0 aliphatic heterocycles. The summed E-state index contributed by atoms with van der Waals surface area (Å²) in [6, 6.07) is 0. The molecule has 114 valence electrons. The van der Waals surface area contributed by atoms with Crippen molar-refractivity contribution in [1.29, 1.82) is 0 Å². The standard InChI is InChI=1S/C2H4O2.CH2O3.3Ni.H2O4S.H2O/c1-2(3)4;2-1(3)4;;;;1-5(2,3)4;/h1H3,(H,3,4);(H2,2,3,4);;;;(H2,1,2,3,4);1H2/q;;;2*+2;;/p-4. The fourth-order valence-electron chi connectivity index (χ4n) is 0.